The van der Waals surface area contributed by atoms with Crippen molar-refractivity contribution in [3.05, 3.63) is 67.7 Å². The first-order valence-electron chi connectivity index (χ1n) is 12.6. The molecule has 0 heterocycles. The highest BCUT2D eigenvalue weighted by atomic mass is 35.5. The molecular formula is C26H32Cl2N4O6S. The molecule has 1 aliphatic rings. The Morgan fingerprint density at radius 2 is 1.77 bits per heavy atom. The highest BCUT2D eigenvalue weighted by molar-refractivity contribution is 7.92. The largest absolute Gasteiger partial charge is 0.352 e. The fourth-order valence-electron chi connectivity index (χ4n) is 4.72. The summed E-state index contributed by atoms with van der Waals surface area (Å²) in [6.45, 7) is 2.52. The summed E-state index contributed by atoms with van der Waals surface area (Å²) in [6.07, 6.45) is 4.87. The van der Waals surface area contributed by atoms with E-state index in [1.807, 2.05) is 0 Å². The average Bonchev–Trinajstić information content (AvgIpc) is 3.36. The molecule has 10 nitrogen and oxygen atoms in total. The van der Waals surface area contributed by atoms with Crippen molar-refractivity contribution in [3.63, 3.8) is 0 Å². The first-order chi connectivity index (χ1) is 18.3. The summed E-state index contributed by atoms with van der Waals surface area (Å²) < 4.78 is 26.5. The van der Waals surface area contributed by atoms with Crippen molar-refractivity contribution in [2.75, 3.05) is 17.1 Å². The minimum atomic E-state index is -4.06. The Morgan fingerprint density at radius 3 is 2.31 bits per heavy atom. The van der Waals surface area contributed by atoms with Crippen molar-refractivity contribution in [2.45, 2.75) is 64.6 Å². The highest BCUT2D eigenvalue weighted by Crippen LogP contribution is 2.30. The molecule has 0 saturated heterocycles. The molecule has 1 fully saturated rings. The number of amides is 2. The van der Waals surface area contributed by atoms with E-state index in [1.165, 1.54) is 17.0 Å². The van der Waals surface area contributed by atoms with E-state index in [1.54, 1.807) is 32.0 Å². The predicted molar refractivity (Wildman–Crippen MR) is 152 cm³/mol. The molecule has 13 heteroatoms. The standard InChI is InChI=1S/C26H32Cl2N4O6S/c1-4-23(26(34)29-18-8-5-6-9-18)30(15-20-21(27)10-7-11-22(20)28)25(33)16-31(39(3,37)38)24-14-19(32(35)36)13-12-17(24)2/h7,10-14,18,23H,4-6,8-9,15-16H2,1-3H3,(H,29,34)/t23-/m1/s1. The number of anilines is 1. The van der Waals surface area contributed by atoms with Crippen LogP contribution in [-0.2, 0) is 26.2 Å². The Morgan fingerprint density at radius 1 is 1.15 bits per heavy atom. The molecule has 1 atom stereocenters. The molecule has 3 rings (SSSR count). The second kappa shape index (κ2) is 13.0. The number of hydrogen-bond acceptors (Lipinski definition) is 6. The van der Waals surface area contributed by atoms with Gasteiger partial charge in [0.25, 0.3) is 5.69 Å². The van der Waals surface area contributed by atoms with E-state index in [-0.39, 0.29) is 36.3 Å². The van der Waals surface area contributed by atoms with Crippen LogP contribution in [0.25, 0.3) is 0 Å². The molecular weight excluding hydrogens is 567 g/mol. The summed E-state index contributed by atoms with van der Waals surface area (Å²) in [6, 6.07) is 7.74. The molecule has 0 bridgehead atoms. The molecule has 1 saturated carbocycles. The third kappa shape index (κ3) is 7.61. The minimum Gasteiger partial charge on any atom is -0.352 e. The van der Waals surface area contributed by atoms with Crippen LogP contribution in [0, 0.1) is 17.0 Å². The van der Waals surface area contributed by atoms with Crippen LogP contribution in [-0.4, -0.2) is 54.9 Å². The van der Waals surface area contributed by atoms with Crippen molar-refractivity contribution in [1.82, 2.24) is 10.2 Å². The van der Waals surface area contributed by atoms with E-state index >= 15 is 0 Å². The van der Waals surface area contributed by atoms with Gasteiger partial charge in [-0.25, -0.2) is 8.42 Å². The number of nitrogens with one attached hydrogen (secondary N) is 1. The molecule has 39 heavy (non-hydrogen) atoms. The number of benzene rings is 2. The second-order valence-corrected chi connectivity index (χ2v) is 12.4. The zero-order chi connectivity index (χ0) is 28.9. The number of sulfonamides is 1. The fourth-order valence-corrected chi connectivity index (χ4v) is 6.13. The summed E-state index contributed by atoms with van der Waals surface area (Å²) >= 11 is 12.8. The Labute approximate surface area is 238 Å². The summed E-state index contributed by atoms with van der Waals surface area (Å²) in [7, 11) is -4.06. The lowest BCUT2D eigenvalue weighted by Crippen LogP contribution is -2.53. The number of carbonyl (C=O) groups is 2. The maximum Gasteiger partial charge on any atom is 0.271 e. The topological polar surface area (TPSA) is 130 Å². The van der Waals surface area contributed by atoms with Crippen LogP contribution >= 0.6 is 23.2 Å². The normalized spacial score (nSPS) is 14.6. The van der Waals surface area contributed by atoms with Crippen LogP contribution in [0.3, 0.4) is 0 Å². The van der Waals surface area contributed by atoms with E-state index in [0.29, 0.717) is 21.2 Å². The van der Waals surface area contributed by atoms with Gasteiger partial charge in [-0.3, -0.25) is 24.0 Å². The number of halogens is 2. The van der Waals surface area contributed by atoms with Gasteiger partial charge in [-0.15, -0.1) is 0 Å². The Kier molecular flexibility index (Phi) is 10.2. The van der Waals surface area contributed by atoms with Crippen molar-refractivity contribution >= 4 is 56.4 Å². The SMILES string of the molecule is CC[C@H](C(=O)NC1CCCC1)N(Cc1c(Cl)cccc1Cl)C(=O)CN(c1cc([N+](=O)[O-])ccc1C)S(C)(=O)=O. The van der Waals surface area contributed by atoms with E-state index in [2.05, 4.69) is 5.32 Å². The summed E-state index contributed by atoms with van der Waals surface area (Å²) in [5.74, 6) is -1.03. The van der Waals surface area contributed by atoms with Crippen LogP contribution < -0.4 is 9.62 Å². The van der Waals surface area contributed by atoms with Gasteiger partial charge in [0.1, 0.15) is 12.6 Å². The van der Waals surface area contributed by atoms with Crippen molar-refractivity contribution < 1.29 is 22.9 Å². The van der Waals surface area contributed by atoms with Gasteiger partial charge in [-0.05, 0) is 43.9 Å². The molecule has 0 unspecified atom stereocenters. The second-order valence-electron chi connectivity index (χ2n) is 9.63. The summed E-state index contributed by atoms with van der Waals surface area (Å²) in [4.78, 5) is 39.3. The first kappa shape index (κ1) is 30.6. The summed E-state index contributed by atoms with van der Waals surface area (Å²) in [5.41, 5.74) is 0.516. The maximum absolute atomic E-state index is 13.9. The predicted octanol–water partition coefficient (Wildman–Crippen LogP) is 4.84. The molecule has 0 radical (unpaired) electrons. The quantitative estimate of drug-likeness (QED) is 0.291. The fraction of sp³-hybridized carbons (Fsp3) is 0.462. The van der Waals surface area contributed by atoms with Gasteiger partial charge < -0.3 is 10.2 Å². The number of non-ortho nitro benzene ring substituents is 1. The molecule has 1 aliphatic carbocycles. The van der Waals surface area contributed by atoms with Crippen molar-refractivity contribution in [2.24, 2.45) is 0 Å². The van der Waals surface area contributed by atoms with Crippen LogP contribution in [0.5, 0.6) is 0 Å². The molecule has 0 aromatic heterocycles. The third-order valence-corrected chi connectivity index (χ3v) is 8.66. The van der Waals surface area contributed by atoms with Gasteiger partial charge in [-0.1, -0.05) is 55.1 Å². The number of aryl methyl sites for hydroxylation is 1. The number of carbonyl (C=O) groups excluding carboxylic acids is 2. The van der Waals surface area contributed by atoms with Gasteiger partial charge in [0.2, 0.25) is 21.8 Å². The van der Waals surface area contributed by atoms with Crippen LogP contribution in [0.2, 0.25) is 10.0 Å². The molecule has 1 N–H and O–H groups in total. The number of rotatable bonds is 11. The number of nitro benzene ring substituents is 1. The molecule has 0 aliphatic heterocycles. The first-order valence-corrected chi connectivity index (χ1v) is 15.2. The van der Waals surface area contributed by atoms with E-state index < -0.39 is 33.4 Å². The lowest BCUT2D eigenvalue weighted by Gasteiger charge is -2.34. The Bertz CT molecular complexity index is 1330. The zero-order valence-electron chi connectivity index (χ0n) is 22.0. The lowest BCUT2D eigenvalue weighted by atomic mass is 10.1. The number of nitro groups is 1. The minimum absolute atomic E-state index is 0.000712. The highest BCUT2D eigenvalue weighted by Gasteiger charge is 2.34. The molecule has 0 spiro atoms. The average molecular weight is 600 g/mol. The molecule has 2 aromatic carbocycles. The van der Waals surface area contributed by atoms with Crippen LogP contribution in [0.4, 0.5) is 11.4 Å². The zero-order valence-corrected chi connectivity index (χ0v) is 24.4. The number of nitrogens with zero attached hydrogens (tertiary/aromatic N) is 3. The molecule has 2 amide bonds. The van der Waals surface area contributed by atoms with Crippen molar-refractivity contribution in [1.29, 1.82) is 0 Å². The van der Waals surface area contributed by atoms with Crippen molar-refractivity contribution in [3.8, 4) is 0 Å². The van der Waals surface area contributed by atoms with Gasteiger partial charge in [0.05, 0.1) is 16.9 Å². The van der Waals surface area contributed by atoms with Gasteiger partial charge in [0.15, 0.2) is 0 Å². The van der Waals surface area contributed by atoms with Gasteiger partial charge in [-0.2, -0.15) is 0 Å². The lowest BCUT2D eigenvalue weighted by molar-refractivity contribution is -0.384. The monoisotopic (exact) mass is 598 g/mol. The molecule has 2 aromatic rings. The van der Waals surface area contributed by atoms with Gasteiger partial charge >= 0.3 is 0 Å². The van der Waals surface area contributed by atoms with Crippen LogP contribution in [0.15, 0.2) is 36.4 Å². The van der Waals surface area contributed by atoms with E-state index in [0.717, 1.165) is 42.3 Å². The third-order valence-electron chi connectivity index (χ3n) is 6.83. The molecule has 212 valence electrons. The van der Waals surface area contributed by atoms with Gasteiger partial charge in [0, 0.05) is 40.3 Å². The van der Waals surface area contributed by atoms with Crippen LogP contribution in [0.1, 0.15) is 50.2 Å². The van der Waals surface area contributed by atoms with E-state index in [9.17, 15) is 28.1 Å². The number of hydrogen-bond donors (Lipinski definition) is 1. The smallest absolute Gasteiger partial charge is 0.271 e. The summed E-state index contributed by atoms with van der Waals surface area (Å²) in [5, 5.41) is 15.0. The maximum atomic E-state index is 13.9. The Balaban J connectivity index is 2.03. The Hall–Kier alpha value is -2.89. The van der Waals surface area contributed by atoms with E-state index in [4.69, 9.17) is 23.2 Å².